The van der Waals surface area contributed by atoms with Crippen LogP contribution < -0.4 is 19.7 Å². The molecule has 10 nitrogen and oxygen atoms in total. The molecule has 10 heteroatoms. The number of anilines is 2. The molecule has 4 heterocycles. The highest BCUT2D eigenvalue weighted by Gasteiger charge is 2.27. The number of rotatable bonds is 4. The van der Waals surface area contributed by atoms with Gasteiger partial charge in [-0.3, -0.25) is 14.4 Å². The van der Waals surface area contributed by atoms with E-state index in [9.17, 15) is 4.79 Å². The van der Waals surface area contributed by atoms with Crippen molar-refractivity contribution in [1.29, 1.82) is 0 Å². The molecule has 2 aromatic heterocycles. The van der Waals surface area contributed by atoms with Crippen LogP contribution in [0, 0.1) is 0 Å². The zero-order chi connectivity index (χ0) is 21.4. The first-order valence-electron chi connectivity index (χ1n) is 10.4. The fraction of sp³-hybridized carbons (Fsp3) is 0.429. The molecule has 0 bridgehead atoms. The lowest BCUT2D eigenvalue weighted by molar-refractivity contribution is -0.120. The summed E-state index contributed by atoms with van der Waals surface area (Å²) in [5.74, 6) is 2.23. The third-order valence-electron chi connectivity index (χ3n) is 5.86. The molecule has 3 aromatic rings. The largest absolute Gasteiger partial charge is 0.486 e. The summed E-state index contributed by atoms with van der Waals surface area (Å²) in [7, 11) is 1.87. The molecule has 2 aliphatic rings. The Bertz CT molecular complexity index is 1110. The molecule has 1 fully saturated rings. The number of hydrogen-bond acceptors (Lipinski definition) is 8. The van der Waals surface area contributed by atoms with Gasteiger partial charge in [-0.1, -0.05) is 0 Å². The summed E-state index contributed by atoms with van der Waals surface area (Å²) < 4.78 is 12.9. The molecule has 1 atom stereocenters. The number of carbonyl (C=O) groups is 1. The van der Waals surface area contributed by atoms with Crippen molar-refractivity contribution in [3.63, 3.8) is 0 Å². The molecule has 1 N–H and O–H groups in total. The molecule has 0 spiro atoms. The molecule has 1 saturated heterocycles. The Labute approximate surface area is 179 Å². The van der Waals surface area contributed by atoms with Gasteiger partial charge in [0.05, 0.1) is 17.6 Å². The molecule has 0 radical (unpaired) electrons. The van der Waals surface area contributed by atoms with Crippen LogP contribution in [0.2, 0.25) is 0 Å². The van der Waals surface area contributed by atoms with Gasteiger partial charge in [-0.2, -0.15) is 5.10 Å². The van der Waals surface area contributed by atoms with Gasteiger partial charge in [-0.25, -0.2) is 9.97 Å². The van der Waals surface area contributed by atoms with Gasteiger partial charge in [0, 0.05) is 45.0 Å². The minimum absolute atomic E-state index is 0.0400. The van der Waals surface area contributed by atoms with Crippen molar-refractivity contribution >= 4 is 28.4 Å². The zero-order valence-electron chi connectivity index (χ0n) is 17.6. The molecule has 0 aliphatic carbocycles. The van der Waals surface area contributed by atoms with E-state index in [1.807, 2.05) is 32.2 Å². The molecular weight excluding hydrogens is 398 g/mol. The van der Waals surface area contributed by atoms with E-state index in [-0.39, 0.29) is 11.9 Å². The first-order chi connectivity index (χ1) is 15.1. The van der Waals surface area contributed by atoms with Gasteiger partial charge >= 0.3 is 0 Å². The summed E-state index contributed by atoms with van der Waals surface area (Å²) >= 11 is 0. The van der Waals surface area contributed by atoms with Gasteiger partial charge < -0.3 is 19.7 Å². The Hall–Kier alpha value is -3.40. The summed E-state index contributed by atoms with van der Waals surface area (Å²) in [6.07, 6.45) is 3.38. The van der Waals surface area contributed by atoms with Crippen molar-refractivity contribution in [1.82, 2.24) is 24.6 Å². The number of fused-ring (bicyclic) bond motifs is 2. The minimum Gasteiger partial charge on any atom is -0.486 e. The van der Waals surface area contributed by atoms with Crippen molar-refractivity contribution in [2.45, 2.75) is 13.0 Å². The number of aromatic nitrogens is 4. The van der Waals surface area contributed by atoms with Crippen LogP contribution in [0.15, 0.2) is 30.7 Å². The maximum absolute atomic E-state index is 12.8. The SMILES string of the molecule is CC(C(=O)Nc1ccc2c(c1)OCCO2)N1CCN(c2ncnc3c2cnn3C)CC1. The first kappa shape index (κ1) is 19.6. The normalized spacial score (nSPS) is 17.5. The quantitative estimate of drug-likeness (QED) is 0.670. The van der Waals surface area contributed by atoms with E-state index in [1.165, 1.54) is 0 Å². The fourth-order valence-corrected chi connectivity index (χ4v) is 4.06. The second kappa shape index (κ2) is 8.03. The van der Waals surface area contributed by atoms with Gasteiger partial charge in [0.15, 0.2) is 17.1 Å². The summed E-state index contributed by atoms with van der Waals surface area (Å²) in [6, 6.07) is 5.23. The second-order valence-corrected chi connectivity index (χ2v) is 7.75. The maximum atomic E-state index is 12.8. The molecular formula is C21H25N7O3. The van der Waals surface area contributed by atoms with Crippen molar-refractivity contribution in [2.24, 2.45) is 7.05 Å². The van der Waals surface area contributed by atoms with Gasteiger partial charge in [0.25, 0.3) is 0 Å². The van der Waals surface area contributed by atoms with Gasteiger partial charge in [-0.05, 0) is 19.1 Å². The van der Waals surface area contributed by atoms with Gasteiger partial charge in [0.2, 0.25) is 5.91 Å². The van der Waals surface area contributed by atoms with Crippen LogP contribution >= 0.6 is 0 Å². The molecule has 1 unspecified atom stereocenters. The van der Waals surface area contributed by atoms with E-state index in [0.717, 1.165) is 43.0 Å². The molecule has 162 valence electrons. The Balaban J connectivity index is 1.21. The number of amides is 1. The first-order valence-corrected chi connectivity index (χ1v) is 10.4. The van der Waals surface area contributed by atoms with Crippen LogP contribution in [0.3, 0.4) is 0 Å². The summed E-state index contributed by atoms with van der Waals surface area (Å²) in [5, 5.41) is 8.24. The predicted octanol–water partition coefficient (Wildman–Crippen LogP) is 1.28. The number of piperazine rings is 1. The highest BCUT2D eigenvalue weighted by atomic mass is 16.6. The number of ether oxygens (including phenoxy) is 2. The number of benzene rings is 1. The summed E-state index contributed by atoms with van der Waals surface area (Å²) in [5.41, 5.74) is 1.53. The Morgan fingerprint density at radius 2 is 1.87 bits per heavy atom. The smallest absolute Gasteiger partial charge is 0.241 e. The van der Waals surface area contributed by atoms with Crippen LogP contribution in [0.1, 0.15) is 6.92 Å². The van der Waals surface area contributed by atoms with E-state index < -0.39 is 0 Å². The van der Waals surface area contributed by atoms with E-state index in [2.05, 4.69) is 30.2 Å². The van der Waals surface area contributed by atoms with Gasteiger partial charge in [0.1, 0.15) is 25.4 Å². The maximum Gasteiger partial charge on any atom is 0.241 e. The fourth-order valence-electron chi connectivity index (χ4n) is 4.06. The lowest BCUT2D eigenvalue weighted by atomic mass is 10.2. The number of hydrogen-bond donors (Lipinski definition) is 1. The molecule has 0 saturated carbocycles. The van der Waals surface area contributed by atoms with Crippen LogP contribution in [-0.2, 0) is 11.8 Å². The Kier molecular flexibility index (Phi) is 5.06. The minimum atomic E-state index is -0.251. The lowest BCUT2D eigenvalue weighted by Gasteiger charge is -2.38. The highest BCUT2D eigenvalue weighted by Crippen LogP contribution is 2.32. The van der Waals surface area contributed by atoms with E-state index >= 15 is 0 Å². The average molecular weight is 423 g/mol. The Morgan fingerprint density at radius 3 is 2.68 bits per heavy atom. The number of aryl methyl sites for hydroxylation is 1. The van der Waals surface area contributed by atoms with Crippen LogP contribution in [0.5, 0.6) is 11.5 Å². The Morgan fingerprint density at radius 1 is 1.10 bits per heavy atom. The third kappa shape index (κ3) is 3.74. The van der Waals surface area contributed by atoms with Crippen LogP contribution in [-0.4, -0.2) is 76.0 Å². The highest BCUT2D eigenvalue weighted by molar-refractivity contribution is 5.95. The zero-order valence-corrected chi connectivity index (χ0v) is 17.6. The molecule has 1 amide bonds. The summed E-state index contributed by atoms with van der Waals surface area (Å²) in [6.45, 7) is 6.09. The number of nitrogens with one attached hydrogen (secondary N) is 1. The third-order valence-corrected chi connectivity index (χ3v) is 5.86. The molecule has 2 aliphatic heterocycles. The monoisotopic (exact) mass is 423 g/mol. The number of nitrogens with zero attached hydrogens (tertiary/aromatic N) is 6. The van der Waals surface area contributed by atoms with E-state index in [4.69, 9.17) is 9.47 Å². The van der Waals surface area contributed by atoms with Gasteiger partial charge in [-0.15, -0.1) is 0 Å². The van der Waals surface area contributed by atoms with E-state index in [1.54, 1.807) is 17.2 Å². The van der Waals surface area contributed by atoms with E-state index in [0.29, 0.717) is 30.4 Å². The lowest BCUT2D eigenvalue weighted by Crippen LogP contribution is -2.53. The van der Waals surface area contributed by atoms with Crippen molar-refractivity contribution in [2.75, 3.05) is 49.6 Å². The predicted molar refractivity (Wildman–Crippen MR) is 116 cm³/mol. The molecule has 1 aromatic carbocycles. The summed E-state index contributed by atoms with van der Waals surface area (Å²) in [4.78, 5) is 26.0. The topological polar surface area (TPSA) is 97.6 Å². The van der Waals surface area contributed by atoms with Crippen LogP contribution in [0.25, 0.3) is 11.0 Å². The van der Waals surface area contributed by atoms with Crippen molar-refractivity contribution < 1.29 is 14.3 Å². The number of carbonyl (C=O) groups excluding carboxylic acids is 1. The van der Waals surface area contributed by atoms with Crippen molar-refractivity contribution in [3.05, 3.63) is 30.7 Å². The molecule has 5 rings (SSSR count). The average Bonchev–Trinajstić information content (AvgIpc) is 3.19. The standard InChI is InChI=1S/C21H25N7O3/c1-14(21(29)25-15-3-4-17-18(11-15)31-10-9-30-17)27-5-7-28(8-6-27)20-16-12-24-26(2)19(16)22-13-23-20/h3-4,11-14H,5-10H2,1-2H3,(H,25,29). The van der Waals surface area contributed by atoms with Crippen molar-refractivity contribution in [3.8, 4) is 11.5 Å². The van der Waals surface area contributed by atoms with Crippen LogP contribution in [0.4, 0.5) is 11.5 Å². The molecule has 31 heavy (non-hydrogen) atoms. The second-order valence-electron chi connectivity index (χ2n) is 7.75.